The summed E-state index contributed by atoms with van der Waals surface area (Å²) in [6.07, 6.45) is 3.52. The number of methoxy groups -OCH3 is 1. The van der Waals surface area contributed by atoms with Crippen molar-refractivity contribution in [1.82, 2.24) is 0 Å². The van der Waals surface area contributed by atoms with E-state index in [-0.39, 0.29) is 5.57 Å². The van der Waals surface area contributed by atoms with Crippen LogP contribution in [0.15, 0.2) is 35.4 Å². The van der Waals surface area contributed by atoms with Gasteiger partial charge in [-0.2, -0.15) is 5.26 Å². The molecule has 1 aliphatic rings. The summed E-state index contributed by atoms with van der Waals surface area (Å²) in [6.45, 7) is 0. The number of nitrogens with zero attached hydrogens (tertiary/aromatic N) is 2. The third-order valence-electron chi connectivity index (χ3n) is 4.32. The van der Waals surface area contributed by atoms with Gasteiger partial charge in [-0.05, 0) is 54.9 Å². The zero-order valence-corrected chi connectivity index (χ0v) is 13.4. The molecule has 0 bridgehead atoms. The fraction of sp³-hybridized carbons (Fsp3) is 0.444. The van der Waals surface area contributed by atoms with E-state index in [1.807, 2.05) is 20.2 Å². The third kappa shape index (κ3) is 3.48. The second-order valence-electron chi connectivity index (χ2n) is 5.84. The van der Waals surface area contributed by atoms with Gasteiger partial charge in [0.05, 0.1) is 7.11 Å². The van der Waals surface area contributed by atoms with Crippen molar-refractivity contribution < 1.29 is 9.53 Å². The molecule has 0 saturated heterocycles. The van der Waals surface area contributed by atoms with Crippen LogP contribution in [0.3, 0.4) is 0 Å². The van der Waals surface area contributed by atoms with E-state index in [1.165, 1.54) is 18.4 Å². The maximum atomic E-state index is 11.6. The summed E-state index contributed by atoms with van der Waals surface area (Å²) in [5, 5.41) is 9.13. The van der Waals surface area contributed by atoms with Gasteiger partial charge in [-0.15, -0.1) is 0 Å². The average molecular weight is 298 g/mol. The molecule has 1 aromatic rings. The summed E-state index contributed by atoms with van der Waals surface area (Å²) in [4.78, 5) is 13.7. The van der Waals surface area contributed by atoms with Crippen molar-refractivity contribution in [2.24, 2.45) is 0 Å². The number of carbonyl (C=O) groups is 1. The van der Waals surface area contributed by atoms with E-state index in [0.717, 1.165) is 31.3 Å². The second-order valence-corrected chi connectivity index (χ2v) is 5.84. The van der Waals surface area contributed by atoms with Crippen LogP contribution in [-0.2, 0) is 9.53 Å². The minimum absolute atomic E-state index is 0.198. The Morgan fingerprint density at radius 2 is 1.82 bits per heavy atom. The molecule has 4 heteroatoms. The van der Waals surface area contributed by atoms with Crippen LogP contribution in [0.1, 0.15) is 37.2 Å². The van der Waals surface area contributed by atoms with Gasteiger partial charge in [0.2, 0.25) is 0 Å². The minimum Gasteiger partial charge on any atom is -0.465 e. The number of hydrogen-bond acceptors (Lipinski definition) is 4. The highest BCUT2D eigenvalue weighted by Gasteiger charge is 2.23. The molecule has 116 valence electrons. The van der Waals surface area contributed by atoms with Crippen LogP contribution < -0.4 is 4.90 Å². The lowest BCUT2D eigenvalue weighted by Gasteiger charge is -2.25. The Hall–Kier alpha value is -2.28. The number of nitriles is 1. The van der Waals surface area contributed by atoms with Gasteiger partial charge in [0.1, 0.15) is 11.6 Å². The van der Waals surface area contributed by atoms with Crippen molar-refractivity contribution >= 4 is 11.7 Å². The Labute approximate surface area is 132 Å². The highest BCUT2D eigenvalue weighted by Crippen LogP contribution is 2.37. The molecule has 4 nitrogen and oxygen atoms in total. The van der Waals surface area contributed by atoms with Crippen LogP contribution in [0.5, 0.6) is 0 Å². The molecule has 2 rings (SSSR count). The van der Waals surface area contributed by atoms with E-state index in [4.69, 9.17) is 5.26 Å². The molecule has 0 aliphatic heterocycles. The average Bonchev–Trinajstić information content (AvgIpc) is 2.56. The van der Waals surface area contributed by atoms with Crippen molar-refractivity contribution in [3.63, 3.8) is 0 Å². The van der Waals surface area contributed by atoms with Gasteiger partial charge in [0, 0.05) is 19.8 Å². The Morgan fingerprint density at radius 3 is 2.27 bits per heavy atom. The van der Waals surface area contributed by atoms with Crippen LogP contribution in [0.4, 0.5) is 5.69 Å². The molecule has 1 aromatic carbocycles. The van der Waals surface area contributed by atoms with Crippen LogP contribution in [0, 0.1) is 11.3 Å². The normalized spacial score (nSPS) is 17.5. The first-order chi connectivity index (χ1) is 10.6. The van der Waals surface area contributed by atoms with E-state index in [1.54, 1.807) is 0 Å². The molecular formula is C18H22N2O2. The van der Waals surface area contributed by atoms with Crippen molar-refractivity contribution in [2.75, 3.05) is 26.1 Å². The maximum absolute atomic E-state index is 11.6. The maximum Gasteiger partial charge on any atom is 0.348 e. The standard InChI is InChI=1S/C18H22N2O2/c1-20(2)16-10-8-14(9-11-16)13-4-6-15(7-5-13)17(12-19)18(21)22-3/h8-11,13H,4-7H2,1-3H3. The second kappa shape index (κ2) is 7.13. The Morgan fingerprint density at radius 1 is 1.23 bits per heavy atom. The van der Waals surface area contributed by atoms with Crippen LogP contribution in [0.2, 0.25) is 0 Å². The largest absolute Gasteiger partial charge is 0.465 e. The SMILES string of the molecule is COC(=O)C(C#N)=C1CCC(c2ccc(N(C)C)cc2)CC1. The first-order valence-corrected chi connectivity index (χ1v) is 7.54. The number of rotatable bonds is 3. The number of carbonyl (C=O) groups excluding carboxylic acids is 1. The lowest BCUT2D eigenvalue weighted by molar-refractivity contribution is -0.135. The molecule has 1 saturated carbocycles. The highest BCUT2D eigenvalue weighted by atomic mass is 16.5. The third-order valence-corrected chi connectivity index (χ3v) is 4.32. The van der Waals surface area contributed by atoms with Crippen LogP contribution >= 0.6 is 0 Å². The number of anilines is 1. The van der Waals surface area contributed by atoms with E-state index in [0.29, 0.717) is 5.92 Å². The summed E-state index contributed by atoms with van der Waals surface area (Å²) < 4.78 is 4.68. The number of esters is 1. The Kier molecular flexibility index (Phi) is 5.21. The summed E-state index contributed by atoms with van der Waals surface area (Å²) in [6, 6.07) is 10.6. The van der Waals surface area contributed by atoms with E-state index >= 15 is 0 Å². The monoisotopic (exact) mass is 298 g/mol. The van der Waals surface area contributed by atoms with Gasteiger partial charge in [-0.1, -0.05) is 12.1 Å². The van der Waals surface area contributed by atoms with Gasteiger partial charge in [-0.3, -0.25) is 0 Å². The Balaban J connectivity index is 2.07. The molecule has 0 heterocycles. The molecule has 0 unspecified atom stereocenters. The molecule has 0 spiro atoms. The molecule has 1 fully saturated rings. The quantitative estimate of drug-likeness (QED) is 0.487. The summed E-state index contributed by atoms with van der Waals surface area (Å²) in [7, 11) is 5.38. The van der Waals surface area contributed by atoms with E-state index < -0.39 is 5.97 Å². The first-order valence-electron chi connectivity index (χ1n) is 7.54. The zero-order valence-electron chi connectivity index (χ0n) is 13.4. The fourth-order valence-corrected chi connectivity index (χ4v) is 2.97. The zero-order chi connectivity index (χ0) is 16.1. The molecule has 0 N–H and O–H groups in total. The van der Waals surface area contributed by atoms with Crippen molar-refractivity contribution in [3.05, 3.63) is 41.0 Å². The molecule has 0 amide bonds. The predicted octanol–water partition coefficient (Wildman–Crippen LogP) is 3.40. The van der Waals surface area contributed by atoms with Gasteiger partial charge >= 0.3 is 5.97 Å². The van der Waals surface area contributed by atoms with Crippen LogP contribution in [0.25, 0.3) is 0 Å². The van der Waals surface area contributed by atoms with Gasteiger partial charge in [0.25, 0.3) is 0 Å². The van der Waals surface area contributed by atoms with E-state index in [2.05, 4.69) is 33.9 Å². The Bertz CT molecular complexity index is 599. The number of ether oxygens (including phenoxy) is 1. The topological polar surface area (TPSA) is 53.3 Å². The molecule has 0 radical (unpaired) electrons. The molecule has 1 aliphatic carbocycles. The number of benzene rings is 1. The van der Waals surface area contributed by atoms with Gasteiger partial charge < -0.3 is 9.64 Å². The van der Waals surface area contributed by atoms with Crippen LogP contribution in [-0.4, -0.2) is 27.2 Å². The lowest BCUT2D eigenvalue weighted by atomic mass is 9.80. The highest BCUT2D eigenvalue weighted by molar-refractivity contribution is 5.93. The van der Waals surface area contributed by atoms with Crippen molar-refractivity contribution in [1.29, 1.82) is 5.26 Å². The number of allylic oxidation sites excluding steroid dienone is 1. The van der Waals surface area contributed by atoms with Gasteiger partial charge in [0.15, 0.2) is 0 Å². The van der Waals surface area contributed by atoms with E-state index in [9.17, 15) is 4.79 Å². The molecule has 0 aromatic heterocycles. The number of hydrogen-bond donors (Lipinski definition) is 0. The minimum atomic E-state index is -0.508. The molecule has 22 heavy (non-hydrogen) atoms. The lowest BCUT2D eigenvalue weighted by Crippen LogP contribution is -2.13. The summed E-state index contributed by atoms with van der Waals surface area (Å²) in [5.41, 5.74) is 3.67. The van der Waals surface area contributed by atoms with Crippen molar-refractivity contribution in [2.45, 2.75) is 31.6 Å². The smallest absolute Gasteiger partial charge is 0.348 e. The molecular weight excluding hydrogens is 276 g/mol. The summed E-state index contributed by atoms with van der Waals surface area (Å²) in [5.74, 6) is -0.0103. The summed E-state index contributed by atoms with van der Waals surface area (Å²) >= 11 is 0. The predicted molar refractivity (Wildman–Crippen MR) is 86.6 cm³/mol. The molecule has 0 atom stereocenters. The fourth-order valence-electron chi connectivity index (χ4n) is 2.97. The first kappa shape index (κ1) is 16.1. The van der Waals surface area contributed by atoms with Gasteiger partial charge in [-0.25, -0.2) is 4.79 Å². The van der Waals surface area contributed by atoms with Crippen molar-refractivity contribution in [3.8, 4) is 6.07 Å².